The van der Waals surface area contributed by atoms with Crippen LogP contribution in [0.25, 0.3) is 0 Å². The zero-order chi connectivity index (χ0) is 15.8. The van der Waals surface area contributed by atoms with E-state index < -0.39 is 34.4 Å². The van der Waals surface area contributed by atoms with Gasteiger partial charge in [0.15, 0.2) is 0 Å². The van der Waals surface area contributed by atoms with Crippen molar-refractivity contribution in [2.24, 2.45) is 0 Å². The van der Waals surface area contributed by atoms with Crippen molar-refractivity contribution in [3.63, 3.8) is 0 Å². The van der Waals surface area contributed by atoms with Crippen LogP contribution in [-0.4, -0.2) is 48.8 Å². The van der Waals surface area contributed by atoms with E-state index in [-0.39, 0.29) is 26.7 Å². The van der Waals surface area contributed by atoms with E-state index in [2.05, 4.69) is 5.32 Å². The molecule has 1 fully saturated rings. The molecule has 11 heteroatoms. The SMILES string of the molecule is O=C(O)CC1C(=O)NCCN1S(=O)(=O)c1cc(Cl)sc1Cl. The lowest BCUT2D eigenvalue weighted by atomic mass is 10.1. The van der Waals surface area contributed by atoms with Crippen LogP contribution in [0.5, 0.6) is 0 Å². The van der Waals surface area contributed by atoms with Gasteiger partial charge in [0, 0.05) is 13.1 Å². The van der Waals surface area contributed by atoms with E-state index >= 15 is 0 Å². The molecule has 0 radical (unpaired) electrons. The average molecular weight is 373 g/mol. The highest BCUT2D eigenvalue weighted by atomic mass is 35.5. The van der Waals surface area contributed by atoms with Gasteiger partial charge in [0.1, 0.15) is 15.3 Å². The third-order valence-corrected chi connectivity index (χ3v) is 6.52. The molecule has 1 aromatic heterocycles. The Bertz CT molecular complexity index is 688. The molecule has 1 atom stereocenters. The molecule has 1 unspecified atom stereocenters. The lowest BCUT2D eigenvalue weighted by molar-refractivity contribution is -0.141. The van der Waals surface area contributed by atoms with Crippen molar-refractivity contribution in [3.8, 4) is 0 Å². The number of thiophene rings is 1. The Morgan fingerprint density at radius 3 is 2.71 bits per heavy atom. The quantitative estimate of drug-likeness (QED) is 0.820. The number of carboxylic acid groups (broad SMARTS) is 1. The molecular weight excluding hydrogens is 363 g/mol. The normalized spacial score (nSPS) is 20.3. The molecule has 2 N–H and O–H groups in total. The predicted molar refractivity (Wildman–Crippen MR) is 77.3 cm³/mol. The second kappa shape index (κ2) is 6.09. The van der Waals surface area contributed by atoms with E-state index in [4.69, 9.17) is 28.3 Å². The van der Waals surface area contributed by atoms with Gasteiger partial charge in [-0.1, -0.05) is 23.2 Å². The first-order valence-corrected chi connectivity index (χ1v) is 8.71. The third-order valence-electron chi connectivity index (χ3n) is 2.86. The number of carboxylic acids is 1. The maximum absolute atomic E-state index is 12.6. The van der Waals surface area contributed by atoms with Crippen LogP contribution in [0.2, 0.25) is 8.67 Å². The minimum absolute atomic E-state index is 0.0277. The summed E-state index contributed by atoms with van der Waals surface area (Å²) in [5, 5.41) is 11.3. The summed E-state index contributed by atoms with van der Waals surface area (Å²) < 4.78 is 26.2. The Hall–Kier alpha value is -0.870. The molecule has 0 aliphatic carbocycles. The van der Waals surface area contributed by atoms with Crippen LogP contribution in [0.4, 0.5) is 0 Å². The Labute approximate surface area is 134 Å². The Kier molecular flexibility index (Phi) is 4.79. The van der Waals surface area contributed by atoms with Gasteiger partial charge < -0.3 is 10.4 Å². The number of carbonyl (C=O) groups excluding carboxylic acids is 1. The Balaban J connectivity index is 2.43. The molecule has 1 amide bonds. The number of hydrogen-bond donors (Lipinski definition) is 2. The molecule has 1 saturated heterocycles. The first-order valence-electron chi connectivity index (χ1n) is 5.69. The molecule has 0 saturated carbocycles. The lowest BCUT2D eigenvalue weighted by Gasteiger charge is -2.32. The molecule has 116 valence electrons. The molecule has 2 heterocycles. The van der Waals surface area contributed by atoms with Gasteiger partial charge in [0.25, 0.3) is 0 Å². The second-order valence-electron chi connectivity index (χ2n) is 4.21. The molecule has 1 aromatic rings. The van der Waals surface area contributed by atoms with Crippen LogP contribution in [0, 0.1) is 0 Å². The number of halogens is 2. The van der Waals surface area contributed by atoms with Crippen molar-refractivity contribution >= 4 is 56.4 Å². The third kappa shape index (κ3) is 3.32. The molecule has 21 heavy (non-hydrogen) atoms. The number of sulfonamides is 1. The number of piperazine rings is 1. The van der Waals surface area contributed by atoms with E-state index in [9.17, 15) is 18.0 Å². The topological polar surface area (TPSA) is 104 Å². The predicted octanol–water partition coefficient (Wildman–Crippen LogP) is 1.02. The maximum atomic E-state index is 12.6. The van der Waals surface area contributed by atoms with Gasteiger partial charge in [-0.15, -0.1) is 11.3 Å². The smallest absolute Gasteiger partial charge is 0.305 e. The molecule has 0 spiro atoms. The first kappa shape index (κ1) is 16.5. The van der Waals surface area contributed by atoms with Crippen molar-refractivity contribution < 1.29 is 23.1 Å². The van der Waals surface area contributed by atoms with E-state index in [1.54, 1.807) is 0 Å². The van der Waals surface area contributed by atoms with Crippen molar-refractivity contribution in [1.29, 1.82) is 0 Å². The standard InChI is InChI=1S/C10H10Cl2N2O5S2/c11-7-4-6(9(12)20-7)21(18,19)14-2-1-13-10(17)5(14)3-8(15)16/h4-5H,1-3H2,(H,13,17)(H,15,16). The summed E-state index contributed by atoms with van der Waals surface area (Å²) in [7, 11) is -4.10. The fourth-order valence-electron chi connectivity index (χ4n) is 1.97. The largest absolute Gasteiger partial charge is 0.481 e. The van der Waals surface area contributed by atoms with Crippen LogP contribution in [0.15, 0.2) is 11.0 Å². The number of rotatable bonds is 4. The van der Waals surface area contributed by atoms with Gasteiger partial charge in [0.05, 0.1) is 10.8 Å². The van der Waals surface area contributed by atoms with E-state index in [1.807, 2.05) is 0 Å². The van der Waals surface area contributed by atoms with Gasteiger partial charge in [-0.25, -0.2) is 8.42 Å². The van der Waals surface area contributed by atoms with Gasteiger partial charge in [-0.05, 0) is 6.07 Å². The fraction of sp³-hybridized carbons (Fsp3) is 0.400. The zero-order valence-corrected chi connectivity index (χ0v) is 13.5. The molecule has 1 aliphatic heterocycles. The van der Waals surface area contributed by atoms with Crippen LogP contribution in [0.1, 0.15) is 6.42 Å². The van der Waals surface area contributed by atoms with Crippen molar-refractivity contribution in [3.05, 3.63) is 14.7 Å². The molecular formula is C10H10Cl2N2O5S2. The fourth-order valence-corrected chi connectivity index (χ4v) is 5.67. The minimum Gasteiger partial charge on any atom is -0.481 e. The molecule has 1 aliphatic rings. The number of nitrogens with zero attached hydrogens (tertiary/aromatic N) is 1. The van der Waals surface area contributed by atoms with Crippen molar-refractivity contribution in [2.45, 2.75) is 17.4 Å². The Morgan fingerprint density at radius 2 is 2.19 bits per heavy atom. The van der Waals surface area contributed by atoms with Crippen molar-refractivity contribution in [1.82, 2.24) is 9.62 Å². The number of hydrogen-bond acceptors (Lipinski definition) is 5. The summed E-state index contributed by atoms with van der Waals surface area (Å²) in [6.07, 6.45) is -0.624. The highest BCUT2D eigenvalue weighted by molar-refractivity contribution is 7.89. The van der Waals surface area contributed by atoms with Crippen LogP contribution >= 0.6 is 34.5 Å². The molecule has 7 nitrogen and oxygen atoms in total. The number of carbonyl (C=O) groups is 2. The summed E-state index contributed by atoms with van der Waals surface area (Å²) >= 11 is 12.5. The van der Waals surface area contributed by atoms with Gasteiger partial charge >= 0.3 is 5.97 Å². The summed E-state index contributed by atoms with van der Waals surface area (Å²) in [5.41, 5.74) is 0. The summed E-state index contributed by atoms with van der Waals surface area (Å²) in [5.74, 6) is -1.92. The zero-order valence-electron chi connectivity index (χ0n) is 10.4. The Morgan fingerprint density at radius 1 is 1.52 bits per heavy atom. The lowest BCUT2D eigenvalue weighted by Crippen LogP contribution is -2.57. The summed E-state index contributed by atoms with van der Waals surface area (Å²) in [6, 6.07) is -0.121. The summed E-state index contributed by atoms with van der Waals surface area (Å²) in [4.78, 5) is 22.4. The molecule has 0 bridgehead atoms. The van der Waals surface area contributed by atoms with Crippen LogP contribution < -0.4 is 5.32 Å². The van der Waals surface area contributed by atoms with Crippen molar-refractivity contribution in [2.75, 3.05) is 13.1 Å². The number of amides is 1. The summed E-state index contributed by atoms with van der Waals surface area (Å²) in [6.45, 7) is 0.0689. The maximum Gasteiger partial charge on any atom is 0.305 e. The van der Waals surface area contributed by atoms with E-state index in [1.165, 1.54) is 6.07 Å². The van der Waals surface area contributed by atoms with Gasteiger partial charge in [-0.2, -0.15) is 4.31 Å². The number of nitrogens with one attached hydrogen (secondary N) is 1. The monoisotopic (exact) mass is 372 g/mol. The van der Waals surface area contributed by atoms with E-state index in [0.29, 0.717) is 0 Å². The van der Waals surface area contributed by atoms with E-state index in [0.717, 1.165) is 15.6 Å². The first-order chi connectivity index (χ1) is 9.73. The second-order valence-corrected chi connectivity index (χ2v) is 8.35. The molecule has 2 rings (SSSR count). The van der Waals surface area contributed by atoms with Gasteiger partial charge in [0.2, 0.25) is 15.9 Å². The van der Waals surface area contributed by atoms with Gasteiger partial charge in [-0.3, -0.25) is 9.59 Å². The number of aliphatic carboxylic acids is 1. The molecule has 0 aromatic carbocycles. The minimum atomic E-state index is -4.10. The van der Waals surface area contributed by atoms with Crippen LogP contribution in [0.3, 0.4) is 0 Å². The average Bonchev–Trinajstić information content (AvgIpc) is 2.71. The highest BCUT2D eigenvalue weighted by Gasteiger charge is 2.40. The highest BCUT2D eigenvalue weighted by Crippen LogP contribution is 2.36. The van der Waals surface area contributed by atoms with Crippen LogP contribution in [-0.2, 0) is 19.6 Å².